The molecule has 130 valence electrons. The average Bonchev–Trinajstić information content (AvgIpc) is 2.58. The van der Waals surface area contributed by atoms with E-state index < -0.39 is 0 Å². The molecular formula is C21H28FNO. The number of benzene rings is 1. The third-order valence-electron chi connectivity index (χ3n) is 3.78. The number of rotatable bonds is 8. The van der Waals surface area contributed by atoms with Crippen LogP contribution in [0.15, 0.2) is 60.5 Å². The van der Waals surface area contributed by atoms with Crippen molar-refractivity contribution in [3.63, 3.8) is 0 Å². The Labute approximate surface area is 145 Å². The lowest BCUT2D eigenvalue weighted by Crippen LogP contribution is -2.32. The first-order valence-electron chi connectivity index (χ1n) is 8.51. The summed E-state index contributed by atoms with van der Waals surface area (Å²) in [6, 6.07) is 8.19. The van der Waals surface area contributed by atoms with Gasteiger partial charge in [0.15, 0.2) is 0 Å². The average molecular weight is 329 g/mol. The summed E-state index contributed by atoms with van der Waals surface area (Å²) >= 11 is 0. The zero-order chi connectivity index (χ0) is 17.9. The summed E-state index contributed by atoms with van der Waals surface area (Å²) in [7, 11) is 0. The smallest absolute Gasteiger partial charge is 0.227 e. The van der Waals surface area contributed by atoms with E-state index in [4.69, 9.17) is 0 Å². The van der Waals surface area contributed by atoms with E-state index in [-0.39, 0.29) is 23.7 Å². The third kappa shape index (κ3) is 6.95. The molecular weight excluding hydrogens is 301 g/mol. The zero-order valence-electron chi connectivity index (χ0n) is 15.1. The number of carbonyl (C=O) groups is 1. The minimum Gasteiger partial charge on any atom is -0.349 e. The lowest BCUT2D eigenvalue weighted by molar-refractivity contribution is -0.124. The molecule has 0 heterocycles. The van der Waals surface area contributed by atoms with Gasteiger partial charge in [-0.2, -0.15) is 0 Å². The van der Waals surface area contributed by atoms with Gasteiger partial charge in [0.25, 0.3) is 0 Å². The first-order chi connectivity index (χ1) is 11.5. The van der Waals surface area contributed by atoms with E-state index >= 15 is 0 Å². The molecule has 0 aromatic heterocycles. The topological polar surface area (TPSA) is 29.1 Å². The van der Waals surface area contributed by atoms with Crippen LogP contribution in [0.1, 0.15) is 50.8 Å². The Hall–Kier alpha value is -2.16. The van der Waals surface area contributed by atoms with Crippen molar-refractivity contribution in [2.45, 2.75) is 46.6 Å². The molecule has 1 aromatic rings. The highest BCUT2D eigenvalue weighted by atomic mass is 19.1. The van der Waals surface area contributed by atoms with Gasteiger partial charge < -0.3 is 5.32 Å². The standard InChI is InChI=1S/C21H28FNO/c1-5-7-9-19(22)15-12-17(4)21(24)23-20(8-6-2)18-13-10-16(3)11-14-18/h5,7,9-15,17,20H,6,8H2,1-4H3,(H,23,24)/b7-5-,15-12+,19-9+. The van der Waals surface area contributed by atoms with Gasteiger partial charge in [0.2, 0.25) is 5.91 Å². The van der Waals surface area contributed by atoms with Crippen LogP contribution in [0, 0.1) is 12.8 Å². The summed E-state index contributed by atoms with van der Waals surface area (Å²) in [5, 5.41) is 3.07. The highest BCUT2D eigenvalue weighted by Crippen LogP contribution is 2.20. The number of carbonyl (C=O) groups excluding carboxylic acids is 1. The van der Waals surface area contributed by atoms with Gasteiger partial charge in [-0.25, -0.2) is 4.39 Å². The summed E-state index contributed by atoms with van der Waals surface area (Å²) in [5.41, 5.74) is 2.30. The molecule has 1 rings (SSSR count). The van der Waals surface area contributed by atoms with Crippen LogP contribution >= 0.6 is 0 Å². The van der Waals surface area contributed by atoms with Gasteiger partial charge in [0.1, 0.15) is 5.83 Å². The maximum atomic E-state index is 13.5. The predicted molar refractivity (Wildman–Crippen MR) is 99.3 cm³/mol. The number of nitrogens with one attached hydrogen (secondary N) is 1. The summed E-state index contributed by atoms with van der Waals surface area (Å²) in [6.45, 7) is 7.73. The van der Waals surface area contributed by atoms with Gasteiger partial charge in [0, 0.05) is 0 Å². The maximum Gasteiger partial charge on any atom is 0.227 e. The molecule has 1 amide bonds. The van der Waals surface area contributed by atoms with E-state index in [1.807, 2.05) is 13.8 Å². The SMILES string of the molecule is C\C=C/C=C(F)\C=C\C(C)C(=O)NC(CCC)c1ccc(C)cc1. The molecule has 0 spiro atoms. The molecule has 2 unspecified atom stereocenters. The van der Waals surface area contributed by atoms with E-state index in [9.17, 15) is 9.18 Å². The molecule has 24 heavy (non-hydrogen) atoms. The molecule has 0 saturated carbocycles. The number of amides is 1. The van der Waals surface area contributed by atoms with Crippen molar-refractivity contribution in [1.29, 1.82) is 0 Å². The largest absolute Gasteiger partial charge is 0.349 e. The van der Waals surface area contributed by atoms with Crippen LogP contribution in [0.5, 0.6) is 0 Å². The van der Waals surface area contributed by atoms with Crippen molar-refractivity contribution in [2.75, 3.05) is 0 Å². The number of hydrogen-bond donors (Lipinski definition) is 1. The van der Waals surface area contributed by atoms with E-state index in [2.05, 4.69) is 36.5 Å². The Morgan fingerprint density at radius 3 is 2.54 bits per heavy atom. The quantitative estimate of drug-likeness (QED) is 0.620. The summed E-state index contributed by atoms with van der Waals surface area (Å²) in [6.07, 6.45) is 9.52. The van der Waals surface area contributed by atoms with Crippen LogP contribution in [-0.2, 0) is 4.79 Å². The highest BCUT2D eigenvalue weighted by molar-refractivity contribution is 5.80. The lowest BCUT2D eigenvalue weighted by Gasteiger charge is -2.20. The zero-order valence-corrected chi connectivity index (χ0v) is 15.1. The number of aryl methyl sites for hydroxylation is 1. The number of allylic oxidation sites excluding steroid dienone is 5. The molecule has 0 bridgehead atoms. The van der Waals surface area contributed by atoms with E-state index in [0.717, 1.165) is 18.4 Å². The van der Waals surface area contributed by atoms with Gasteiger partial charge in [-0.1, -0.05) is 68.3 Å². The third-order valence-corrected chi connectivity index (χ3v) is 3.78. The molecule has 0 radical (unpaired) electrons. The molecule has 0 fully saturated rings. The van der Waals surface area contributed by atoms with Crippen LogP contribution in [0.3, 0.4) is 0 Å². The highest BCUT2D eigenvalue weighted by Gasteiger charge is 2.17. The fourth-order valence-corrected chi connectivity index (χ4v) is 2.28. The fraction of sp³-hybridized carbons (Fsp3) is 0.381. The van der Waals surface area contributed by atoms with E-state index in [1.165, 1.54) is 17.7 Å². The normalized spacial score (nSPS) is 15.0. The van der Waals surface area contributed by atoms with Gasteiger partial charge in [-0.15, -0.1) is 0 Å². The summed E-state index contributed by atoms with van der Waals surface area (Å²) in [5.74, 6) is -0.847. The van der Waals surface area contributed by atoms with Gasteiger partial charge in [-0.05, 0) is 38.0 Å². The Kier molecular flexibility index (Phi) is 8.77. The van der Waals surface area contributed by atoms with Crippen LogP contribution in [0.2, 0.25) is 0 Å². The van der Waals surface area contributed by atoms with Crippen molar-refractivity contribution in [1.82, 2.24) is 5.32 Å². The Bertz CT molecular complexity index is 599. The molecule has 0 aliphatic heterocycles. The molecule has 1 N–H and O–H groups in total. The fourth-order valence-electron chi connectivity index (χ4n) is 2.28. The van der Waals surface area contributed by atoms with Gasteiger partial charge in [0.05, 0.1) is 12.0 Å². The Balaban J connectivity index is 2.74. The molecule has 1 aromatic carbocycles. The molecule has 0 aliphatic carbocycles. The minimum atomic E-state index is -0.389. The first-order valence-corrected chi connectivity index (χ1v) is 8.51. The Morgan fingerprint density at radius 1 is 1.29 bits per heavy atom. The maximum absolute atomic E-state index is 13.5. The van der Waals surface area contributed by atoms with Crippen molar-refractivity contribution in [2.24, 2.45) is 5.92 Å². The summed E-state index contributed by atoms with van der Waals surface area (Å²) in [4.78, 5) is 12.4. The second-order valence-electron chi connectivity index (χ2n) is 5.99. The van der Waals surface area contributed by atoms with E-state index in [0.29, 0.717) is 0 Å². The number of hydrogen-bond acceptors (Lipinski definition) is 1. The van der Waals surface area contributed by atoms with Crippen LogP contribution < -0.4 is 5.32 Å². The van der Waals surface area contributed by atoms with Gasteiger partial charge >= 0.3 is 0 Å². The predicted octanol–water partition coefficient (Wildman–Crippen LogP) is 5.57. The Morgan fingerprint density at radius 2 is 1.96 bits per heavy atom. The van der Waals surface area contributed by atoms with Crippen LogP contribution in [0.25, 0.3) is 0 Å². The molecule has 2 atom stereocenters. The first kappa shape index (κ1) is 19.9. The number of halogens is 1. The van der Waals surface area contributed by atoms with Crippen molar-refractivity contribution < 1.29 is 9.18 Å². The second kappa shape index (κ2) is 10.6. The van der Waals surface area contributed by atoms with Gasteiger partial charge in [-0.3, -0.25) is 4.79 Å². The van der Waals surface area contributed by atoms with E-state index in [1.54, 1.807) is 25.2 Å². The second-order valence-corrected chi connectivity index (χ2v) is 5.99. The molecule has 3 heteroatoms. The van der Waals surface area contributed by atoms with Crippen molar-refractivity contribution >= 4 is 5.91 Å². The minimum absolute atomic E-state index is 0.0117. The van der Waals surface area contributed by atoms with Crippen molar-refractivity contribution in [3.05, 3.63) is 71.6 Å². The molecule has 2 nitrogen and oxygen atoms in total. The van der Waals surface area contributed by atoms with Crippen LogP contribution in [-0.4, -0.2) is 5.91 Å². The monoisotopic (exact) mass is 329 g/mol. The molecule has 0 saturated heterocycles. The lowest BCUT2D eigenvalue weighted by atomic mass is 10.00. The summed E-state index contributed by atoms with van der Waals surface area (Å²) < 4.78 is 13.5. The molecule has 0 aliphatic rings. The van der Waals surface area contributed by atoms with Crippen molar-refractivity contribution in [3.8, 4) is 0 Å². The van der Waals surface area contributed by atoms with Crippen LogP contribution in [0.4, 0.5) is 4.39 Å².